The number of rotatable bonds is 3. The van der Waals surface area contributed by atoms with Crippen molar-refractivity contribution in [2.24, 2.45) is 5.73 Å². The van der Waals surface area contributed by atoms with Gasteiger partial charge in [0.25, 0.3) is 0 Å². The van der Waals surface area contributed by atoms with Crippen molar-refractivity contribution in [2.45, 2.75) is 45.1 Å². The van der Waals surface area contributed by atoms with E-state index in [0.717, 1.165) is 25.7 Å². The molecule has 0 radical (unpaired) electrons. The number of imide groups is 1. The second-order valence-corrected chi connectivity index (χ2v) is 3.44. The Morgan fingerprint density at radius 3 is 2.92 bits per heavy atom. The molecule has 1 saturated heterocycles. The highest BCUT2D eigenvalue weighted by atomic mass is 16.2. The van der Waals surface area contributed by atoms with E-state index in [0.29, 0.717) is 6.42 Å². The molecule has 1 unspecified atom stereocenters. The Kier molecular flexibility index (Phi) is 3.28. The fraction of sp³-hybridized carbons (Fsp3) is 0.778. The van der Waals surface area contributed by atoms with Crippen LogP contribution in [0.5, 0.6) is 0 Å². The molecule has 13 heavy (non-hydrogen) atoms. The number of nitrogens with zero attached hydrogens (tertiary/aromatic N) is 1. The number of unbranched alkanes of at least 4 members (excludes halogenated alkanes) is 1. The van der Waals surface area contributed by atoms with Crippen molar-refractivity contribution >= 4 is 11.9 Å². The third-order valence-electron chi connectivity index (χ3n) is 2.45. The average Bonchev–Trinajstić information content (AvgIpc) is 2.43. The molecule has 4 heteroatoms. The van der Waals surface area contributed by atoms with Gasteiger partial charge in [0.05, 0.1) is 0 Å². The molecule has 74 valence electrons. The third-order valence-corrected chi connectivity index (χ3v) is 2.45. The minimum Gasteiger partial charge on any atom is -0.351 e. The Hall–Kier alpha value is -1.06. The van der Waals surface area contributed by atoms with Gasteiger partial charge in [-0.3, -0.25) is 9.69 Å². The summed E-state index contributed by atoms with van der Waals surface area (Å²) in [6, 6.07) is -0.534. The molecule has 0 aromatic heterocycles. The topological polar surface area (TPSA) is 63.4 Å². The number of hydrogen-bond acceptors (Lipinski definition) is 2. The Labute approximate surface area is 78.1 Å². The molecule has 4 nitrogen and oxygen atoms in total. The minimum absolute atomic E-state index is 0.0601. The molecule has 0 saturated carbocycles. The van der Waals surface area contributed by atoms with E-state index in [1.165, 1.54) is 4.90 Å². The van der Waals surface area contributed by atoms with Crippen LogP contribution in [0.3, 0.4) is 0 Å². The van der Waals surface area contributed by atoms with Crippen LogP contribution in [0.1, 0.15) is 39.0 Å². The third kappa shape index (κ3) is 2.20. The van der Waals surface area contributed by atoms with Gasteiger partial charge in [0.1, 0.15) is 0 Å². The number of hydrogen-bond donors (Lipinski definition) is 1. The van der Waals surface area contributed by atoms with Crippen LogP contribution in [0.2, 0.25) is 0 Å². The summed E-state index contributed by atoms with van der Waals surface area (Å²) >= 11 is 0. The van der Waals surface area contributed by atoms with Crippen molar-refractivity contribution in [1.29, 1.82) is 0 Å². The van der Waals surface area contributed by atoms with E-state index in [1.54, 1.807) is 0 Å². The highest BCUT2D eigenvalue weighted by Gasteiger charge is 2.33. The zero-order chi connectivity index (χ0) is 9.84. The molecule has 0 spiro atoms. The lowest BCUT2D eigenvalue weighted by Gasteiger charge is -2.20. The van der Waals surface area contributed by atoms with Gasteiger partial charge in [0.2, 0.25) is 5.91 Å². The summed E-state index contributed by atoms with van der Waals surface area (Å²) in [5, 5.41) is 0. The van der Waals surface area contributed by atoms with Crippen LogP contribution < -0.4 is 5.73 Å². The average molecular weight is 184 g/mol. The number of nitrogens with two attached hydrogens (primary N) is 1. The highest BCUT2D eigenvalue weighted by molar-refractivity contribution is 5.95. The van der Waals surface area contributed by atoms with Gasteiger partial charge in [0, 0.05) is 12.5 Å². The number of carbonyl (C=O) groups excluding carboxylic acids is 2. The predicted octanol–water partition coefficient (Wildman–Crippen LogP) is 1.25. The van der Waals surface area contributed by atoms with E-state index in [-0.39, 0.29) is 11.9 Å². The zero-order valence-electron chi connectivity index (χ0n) is 7.95. The normalized spacial score (nSPS) is 22.4. The van der Waals surface area contributed by atoms with Crippen LogP contribution in [0, 0.1) is 0 Å². The van der Waals surface area contributed by atoms with Crippen molar-refractivity contribution in [3.8, 4) is 0 Å². The van der Waals surface area contributed by atoms with E-state index in [4.69, 9.17) is 5.73 Å². The number of primary amides is 1. The monoisotopic (exact) mass is 184 g/mol. The molecule has 3 amide bonds. The van der Waals surface area contributed by atoms with Gasteiger partial charge in [-0.25, -0.2) is 4.79 Å². The molecular weight excluding hydrogens is 168 g/mol. The van der Waals surface area contributed by atoms with Crippen molar-refractivity contribution in [3.63, 3.8) is 0 Å². The van der Waals surface area contributed by atoms with Gasteiger partial charge in [-0.15, -0.1) is 0 Å². The molecule has 1 aliphatic heterocycles. The Morgan fingerprint density at radius 2 is 2.38 bits per heavy atom. The lowest BCUT2D eigenvalue weighted by atomic mass is 10.1. The summed E-state index contributed by atoms with van der Waals surface area (Å²) in [6.45, 7) is 2.09. The summed E-state index contributed by atoms with van der Waals surface area (Å²) in [5.74, 6) is -0.117. The molecule has 0 aliphatic carbocycles. The molecule has 1 aliphatic rings. The fourth-order valence-electron chi connectivity index (χ4n) is 1.76. The first-order chi connectivity index (χ1) is 6.16. The van der Waals surface area contributed by atoms with Crippen molar-refractivity contribution in [1.82, 2.24) is 4.90 Å². The maximum absolute atomic E-state index is 11.2. The zero-order valence-corrected chi connectivity index (χ0v) is 7.95. The Balaban J connectivity index is 2.54. The fourth-order valence-corrected chi connectivity index (χ4v) is 1.76. The smallest absolute Gasteiger partial charge is 0.321 e. The molecule has 0 aromatic rings. The first-order valence-corrected chi connectivity index (χ1v) is 4.78. The quantitative estimate of drug-likeness (QED) is 0.717. The first kappa shape index (κ1) is 10.0. The molecule has 0 bridgehead atoms. The second kappa shape index (κ2) is 4.25. The molecule has 1 atom stereocenters. The van der Waals surface area contributed by atoms with E-state index in [2.05, 4.69) is 6.92 Å². The first-order valence-electron chi connectivity index (χ1n) is 4.78. The number of urea groups is 1. The van der Waals surface area contributed by atoms with Gasteiger partial charge < -0.3 is 5.73 Å². The molecule has 2 N–H and O–H groups in total. The molecule has 1 rings (SSSR count). The van der Waals surface area contributed by atoms with Crippen LogP contribution >= 0.6 is 0 Å². The highest BCUT2D eigenvalue weighted by Crippen LogP contribution is 2.22. The van der Waals surface area contributed by atoms with Crippen LogP contribution in [0.4, 0.5) is 4.79 Å². The maximum atomic E-state index is 11.2. The Bertz CT molecular complexity index is 216. The van der Waals surface area contributed by atoms with Crippen molar-refractivity contribution in [2.75, 3.05) is 0 Å². The summed E-state index contributed by atoms with van der Waals surface area (Å²) in [4.78, 5) is 23.3. The van der Waals surface area contributed by atoms with E-state index < -0.39 is 6.03 Å². The van der Waals surface area contributed by atoms with Crippen LogP contribution in [0.15, 0.2) is 0 Å². The van der Waals surface area contributed by atoms with Crippen LogP contribution in [-0.2, 0) is 4.79 Å². The largest absolute Gasteiger partial charge is 0.351 e. The Morgan fingerprint density at radius 1 is 1.69 bits per heavy atom. The summed E-state index contributed by atoms with van der Waals surface area (Å²) in [5.41, 5.74) is 5.12. The molecule has 1 heterocycles. The number of amides is 3. The number of carbonyl (C=O) groups is 2. The molecule has 0 aromatic carbocycles. The summed E-state index contributed by atoms with van der Waals surface area (Å²) in [7, 11) is 0. The molecule has 1 fully saturated rings. The molecular formula is C9H16N2O2. The summed E-state index contributed by atoms with van der Waals surface area (Å²) < 4.78 is 0. The van der Waals surface area contributed by atoms with Gasteiger partial charge >= 0.3 is 6.03 Å². The van der Waals surface area contributed by atoms with Crippen LogP contribution in [-0.4, -0.2) is 22.9 Å². The van der Waals surface area contributed by atoms with Crippen molar-refractivity contribution < 1.29 is 9.59 Å². The number of likely N-dealkylation sites (tertiary alicyclic amines) is 1. The van der Waals surface area contributed by atoms with Gasteiger partial charge in [-0.1, -0.05) is 19.8 Å². The van der Waals surface area contributed by atoms with E-state index in [1.807, 2.05) is 0 Å². The summed E-state index contributed by atoms with van der Waals surface area (Å²) in [6.07, 6.45) is 4.27. The maximum Gasteiger partial charge on any atom is 0.321 e. The second-order valence-electron chi connectivity index (χ2n) is 3.44. The van der Waals surface area contributed by atoms with Gasteiger partial charge in [0.15, 0.2) is 0 Å². The SMILES string of the molecule is CCCCC1CCC(=O)N1C(N)=O. The van der Waals surface area contributed by atoms with Crippen molar-refractivity contribution in [3.05, 3.63) is 0 Å². The lowest BCUT2D eigenvalue weighted by Crippen LogP contribution is -2.42. The van der Waals surface area contributed by atoms with E-state index in [9.17, 15) is 9.59 Å². The standard InChI is InChI=1S/C9H16N2O2/c1-2-3-4-7-5-6-8(12)11(7)9(10)13/h7H,2-6H2,1H3,(H2,10,13). The van der Waals surface area contributed by atoms with Gasteiger partial charge in [-0.05, 0) is 12.8 Å². The van der Waals surface area contributed by atoms with Crippen LogP contribution in [0.25, 0.3) is 0 Å². The lowest BCUT2D eigenvalue weighted by molar-refractivity contribution is -0.126. The van der Waals surface area contributed by atoms with E-state index >= 15 is 0 Å². The van der Waals surface area contributed by atoms with Gasteiger partial charge in [-0.2, -0.15) is 0 Å². The predicted molar refractivity (Wildman–Crippen MR) is 49.0 cm³/mol. The minimum atomic E-state index is -0.594.